The van der Waals surface area contributed by atoms with Crippen molar-refractivity contribution >= 4 is 23.4 Å². The number of hydrogen-bond donors (Lipinski definition) is 0. The average Bonchev–Trinajstić information content (AvgIpc) is 2.34. The molecule has 0 atom stereocenters. The van der Waals surface area contributed by atoms with Crippen LogP contribution in [0.5, 0.6) is 5.75 Å². The molecule has 1 aromatic carbocycles. The molecule has 113 valence electrons. The van der Waals surface area contributed by atoms with Gasteiger partial charge in [-0.1, -0.05) is 31.4 Å². The average molecular weight is 330 g/mol. The zero-order chi connectivity index (χ0) is 15.2. The minimum Gasteiger partial charge on any atom is -0.490 e. The molecule has 7 heteroatoms. The fourth-order valence-electron chi connectivity index (χ4n) is 1.35. The smallest absolute Gasteiger partial charge is 0.398 e. The van der Waals surface area contributed by atoms with E-state index >= 15 is 0 Å². The Morgan fingerprint density at radius 1 is 1.25 bits per heavy atom. The van der Waals surface area contributed by atoms with Crippen LogP contribution in [0.15, 0.2) is 17.0 Å². The fourth-order valence-corrected chi connectivity index (χ4v) is 2.37. The number of halogens is 5. The summed E-state index contributed by atoms with van der Waals surface area (Å²) in [6.07, 6.45) is -2.02. The van der Waals surface area contributed by atoms with Gasteiger partial charge in [0, 0.05) is 4.90 Å². The molecule has 0 unspecified atom stereocenters. The van der Waals surface area contributed by atoms with E-state index in [9.17, 15) is 17.6 Å². The highest BCUT2D eigenvalue weighted by Gasteiger charge is 2.28. The van der Waals surface area contributed by atoms with E-state index in [1.165, 1.54) is 6.07 Å². The van der Waals surface area contributed by atoms with Crippen molar-refractivity contribution in [3.63, 3.8) is 0 Å². The predicted molar refractivity (Wildman–Crippen MR) is 72.9 cm³/mol. The van der Waals surface area contributed by atoms with Gasteiger partial charge in [-0.05, 0) is 18.6 Å². The number of thioether (sulfide) groups is 1. The van der Waals surface area contributed by atoms with Crippen LogP contribution in [-0.2, 0) is 0 Å². The minimum absolute atomic E-state index is 0.0538. The molecule has 0 bridgehead atoms. The summed E-state index contributed by atoms with van der Waals surface area (Å²) < 4.78 is 55.3. The normalized spacial score (nSPS) is 11.7. The van der Waals surface area contributed by atoms with Crippen molar-refractivity contribution in [1.29, 1.82) is 0 Å². The second-order valence-electron chi connectivity index (χ2n) is 4.03. The Hall–Kier alpha value is -0.620. The van der Waals surface area contributed by atoms with E-state index < -0.39 is 17.7 Å². The molecule has 0 aliphatic heterocycles. The second kappa shape index (κ2) is 7.98. The zero-order valence-corrected chi connectivity index (χ0v) is 12.2. The van der Waals surface area contributed by atoms with Gasteiger partial charge in [-0.25, -0.2) is 4.39 Å². The van der Waals surface area contributed by atoms with E-state index in [0.29, 0.717) is 18.2 Å². The largest absolute Gasteiger partial charge is 0.490 e. The first kappa shape index (κ1) is 17.4. The number of rotatable bonds is 7. The Morgan fingerprint density at radius 2 is 1.95 bits per heavy atom. The predicted octanol–water partition coefficient (Wildman–Crippen LogP) is 5.52. The molecule has 0 aliphatic carbocycles. The van der Waals surface area contributed by atoms with E-state index in [1.54, 1.807) is 0 Å². The quantitative estimate of drug-likeness (QED) is 0.370. The number of ether oxygens (including phenoxy) is 1. The zero-order valence-electron chi connectivity index (χ0n) is 10.6. The number of alkyl halides is 3. The summed E-state index contributed by atoms with van der Waals surface area (Å²) >= 11 is 6.23. The summed E-state index contributed by atoms with van der Waals surface area (Å²) in [5.41, 5.74) is 0. The van der Waals surface area contributed by atoms with Gasteiger partial charge in [0.15, 0.2) is 11.6 Å². The molecule has 0 N–H and O–H groups in total. The molecule has 1 radical (unpaired) electrons. The van der Waals surface area contributed by atoms with E-state index in [-0.39, 0.29) is 22.3 Å². The van der Waals surface area contributed by atoms with Crippen molar-refractivity contribution in [3.8, 4) is 5.75 Å². The third kappa shape index (κ3) is 6.22. The Balaban J connectivity index is 2.70. The van der Waals surface area contributed by atoms with Crippen LogP contribution in [0.2, 0.25) is 5.02 Å². The maximum Gasteiger partial charge on any atom is 0.398 e. The first-order valence-electron chi connectivity index (χ1n) is 5.94. The van der Waals surface area contributed by atoms with Crippen molar-refractivity contribution in [2.24, 2.45) is 0 Å². The monoisotopic (exact) mass is 329 g/mol. The highest BCUT2D eigenvalue weighted by atomic mass is 35.5. The summed E-state index contributed by atoms with van der Waals surface area (Å²) in [6, 6.07) is 2.18. The standard InChI is InChI=1S/C13H14ClF4OS/c1-2-3-4-5-19-11-7-12(9(14)6-10(11)15)20-8-13(16,17)18/h6-7H,1-5,8H2. The summed E-state index contributed by atoms with van der Waals surface area (Å²) in [5.74, 6) is -1.84. The molecule has 1 rings (SSSR count). The summed E-state index contributed by atoms with van der Waals surface area (Å²) in [6.45, 7) is 3.95. The van der Waals surface area contributed by atoms with Gasteiger partial charge >= 0.3 is 6.18 Å². The Kier molecular flexibility index (Phi) is 6.95. The molecule has 0 saturated carbocycles. The number of hydrogen-bond acceptors (Lipinski definition) is 2. The third-order valence-corrected chi connectivity index (χ3v) is 3.82. The molecule has 20 heavy (non-hydrogen) atoms. The van der Waals surface area contributed by atoms with Gasteiger partial charge in [-0.2, -0.15) is 13.2 Å². The Bertz CT molecular complexity index is 437. The van der Waals surface area contributed by atoms with Gasteiger partial charge in [-0.15, -0.1) is 11.8 Å². The van der Waals surface area contributed by atoms with Crippen LogP contribution in [0.1, 0.15) is 19.3 Å². The van der Waals surface area contributed by atoms with Gasteiger partial charge in [0.05, 0.1) is 17.4 Å². The lowest BCUT2D eigenvalue weighted by Gasteiger charge is -2.11. The SMILES string of the molecule is [CH2]CCCCOc1cc(SCC(F)(F)F)c(Cl)cc1F. The van der Waals surface area contributed by atoms with Gasteiger partial charge in [0.1, 0.15) is 0 Å². The summed E-state index contributed by atoms with van der Waals surface area (Å²) in [7, 11) is 0. The molecule has 0 fully saturated rings. The van der Waals surface area contributed by atoms with Crippen molar-refractivity contribution in [2.45, 2.75) is 30.3 Å². The van der Waals surface area contributed by atoms with Crippen molar-refractivity contribution in [3.05, 3.63) is 29.9 Å². The van der Waals surface area contributed by atoms with Crippen LogP contribution < -0.4 is 4.74 Å². The highest BCUT2D eigenvalue weighted by Crippen LogP contribution is 2.36. The van der Waals surface area contributed by atoms with Crippen LogP contribution in [0.3, 0.4) is 0 Å². The van der Waals surface area contributed by atoms with Crippen LogP contribution in [-0.4, -0.2) is 18.5 Å². The molecule has 0 spiro atoms. The minimum atomic E-state index is -4.31. The van der Waals surface area contributed by atoms with Gasteiger partial charge in [-0.3, -0.25) is 0 Å². The molecular formula is C13H14ClF4OS. The lowest BCUT2D eigenvalue weighted by Crippen LogP contribution is -2.10. The van der Waals surface area contributed by atoms with E-state index in [4.69, 9.17) is 16.3 Å². The molecule has 0 saturated heterocycles. The summed E-state index contributed by atoms with van der Waals surface area (Å²) in [4.78, 5) is 0.151. The van der Waals surface area contributed by atoms with E-state index in [1.807, 2.05) is 0 Å². The van der Waals surface area contributed by atoms with Crippen molar-refractivity contribution < 1.29 is 22.3 Å². The number of benzene rings is 1. The molecule has 1 aromatic rings. The maximum atomic E-state index is 13.6. The summed E-state index contributed by atoms with van der Waals surface area (Å²) in [5, 5.41) is -0.0538. The topological polar surface area (TPSA) is 9.23 Å². The number of unbranched alkanes of at least 4 members (excludes halogenated alkanes) is 2. The van der Waals surface area contributed by atoms with Crippen LogP contribution >= 0.6 is 23.4 Å². The van der Waals surface area contributed by atoms with E-state index in [2.05, 4.69) is 6.92 Å². The van der Waals surface area contributed by atoms with Gasteiger partial charge in [0.2, 0.25) is 0 Å². The van der Waals surface area contributed by atoms with Crippen LogP contribution in [0.4, 0.5) is 17.6 Å². The van der Waals surface area contributed by atoms with Crippen molar-refractivity contribution in [1.82, 2.24) is 0 Å². The molecule has 0 heterocycles. The fraction of sp³-hybridized carbons (Fsp3) is 0.462. The Morgan fingerprint density at radius 3 is 2.55 bits per heavy atom. The first-order valence-corrected chi connectivity index (χ1v) is 7.30. The second-order valence-corrected chi connectivity index (χ2v) is 5.45. The molecule has 0 amide bonds. The third-order valence-electron chi connectivity index (χ3n) is 2.28. The van der Waals surface area contributed by atoms with Gasteiger partial charge in [0.25, 0.3) is 0 Å². The first-order chi connectivity index (χ1) is 9.33. The molecule has 0 aromatic heterocycles. The van der Waals surface area contributed by atoms with Crippen LogP contribution in [0, 0.1) is 12.7 Å². The lowest BCUT2D eigenvalue weighted by molar-refractivity contribution is -0.105. The Labute approximate surface area is 124 Å². The molecule has 0 aliphatic rings. The lowest BCUT2D eigenvalue weighted by atomic mass is 10.3. The maximum absolute atomic E-state index is 13.6. The van der Waals surface area contributed by atoms with Gasteiger partial charge < -0.3 is 4.74 Å². The molecule has 1 nitrogen and oxygen atoms in total. The van der Waals surface area contributed by atoms with E-state index in [0.717, 1.165) is 18.9 Å². The van der Waals surface area contributed by atoms with Crippen LogP contribution in [0.25, 0.3) is 0 Å². The highest BCUT2D eigenvalue weighted by molar-refractivity contribution is 7.99. The van der Waals surface area contributed by atoms with Crippen molar-refractivity contribution in [2.75, 3.05) is 12.4 Å². The molecular weight excluding hydrogens is 316 g/mol.